The fraction of sp³-hybridized carbons (Fsp3) is 0.625. The fourth-order valence-corrected chi connectivity index (χ4v) is 1.17. The number of rotatable bonds is 2. The Balaban J connectivity index is 2.41. The average Bonchev–Trinajstić information content (AvgIpc) is 1.85. The van der Waals surface area contributed by atoms with Crippen molar-refractivity contribution in [2.75, 3.05) is 6.54 Å². The molecule has 2 heteroatoms. The van der Waals surface area contributed by atoms with Gasteiger partial charge in [0.05, 0.1) is 5.92 Å². The van der Waals surface area contributed by atoms with Gasteiger partial charge in [0.15, 0.2) is 0 Å². The molecule has 0 saturated carbocycles. The molecule has 1 fully saturated rings. The number of carbonyl (C=O) groups is 1. The minimum atomic E-state index is 0.200. The third-order valence-electron chi connectivity index (χ3n) is 1.96. The second kappa shape index (κ2) is 2.86. The van der Waals surface area contributed by atoms with Crippen LogP contribution in [0.15, 0.2) is 12.2 Å². The van der Waals surface area contributed by atoms with Gasteiger partial charge in [0, 0.05) is 6.54 Å². The summed E-state index contributed by atoms with van der Waals surface area (Å²) < 4.78 is 0. The zero-order valence-electron chi connectivity index (χ0n) is 6.42. The SMILES string of the molecule is C/C=C\[C@H](C)[C@H]1CNC1=O. The minimum absolute atomic E-state index is 0.200. The van der Waals surface area contributed by atoms with Gasteiger partial charge in [-0.3, -0.25) is 4.79 Å². The zero-order chi connectivity index (χ0) is 7.56. The third kappa shape index (κ3) is 1.20. The van der Waals surface area contributed by atoms with E-state index in [0.29, 0.717) is 5.92 Å². The van der Waals surface area contributed by atoms with Crippen LogP contribution in [0.5, 0.6) is 0 Å². The largest absolute Gasteiger partial charge is 0.355 e. The number of hydrogen-bond acceptors (Lipinski definition) is 1. The highest BCUT2D eigenvalue weighted by molar-refractivity contribution is 5.84. The summed E-state index contributed by atoms with van der Waals surface area (Å²) in [7, 11) is 0. The first-order valence-corrected chi connectivity index (χ1v) is 3.66. The highest BCUT2D eigenvalue weighted by atomic mass is 16.2. The molecule has 10 heavy (non-hydrogen) atoms. The van der Waals surface area contributed by atoms with E-state index in [4.69, 9.17) is 0 Å². The minimum Gasteiger partial charge on any atom is -0.355 e. The predicted octanol–water partition coefficient (Wildman–Crippen LogP) is 0.945. The molecule has 0 aromatic carbocycles. The molecule has 0 spiro atoms. The van der Waals surface area contributed by atoms with E-state index in [-0.39, 0.29) is 11.8 Å². The van der Waals surface area contributed by atoms with Crippen LogP contribution < -0.4 is 5.32 Å². The van der Waals surface area contributed by atoms with Gasteiger partial charge in [-0.2, -0.15) is 0 Å². The Labute approximate surface area is 61.3 Å². The van der Waals surface area contributed by atoms with E-state index < -0.39 is 0 Å². The summed E-state index contributed by atoms with van der Waals surface area (Å²) in [4.78, 5) is 10.8. The van der Waals surface area contributed by atoms with Crippen LogP contribution in [-0.2, 0) is 4.79 Å². The number of β-lactam (4-membered cyclic amide) rings is 1. The van der Waals surface area contributed by atoms with Crippen LogP contribution in [0.4, 0.5) is 0 Å². The van der Waals surface area contributed by atoms with Gasteiger partial charge in [0.2, 0.25) is 5.91 Å². The van der Waals surface area contributed by atoms with Crippen molar-refractivity contribution in [1.82, 2.24) is 5.32 Å². The molecular weight excluding hydrogens is 126 g/mol. The van der Waals surface area contributed by atoms with E-state index in [1.54, 1.807) is 0 Å². The van der Waals surface area contributed by atoms with Crippen molar-refractivity contribution in [2.45, 2.75) is 13.8 Å². The van der Waals surface area contributed by atoms with E-state index >= 15 is 0 Å². The van der Waals surface area contributed by atoms with Crippen LogP contribution in [-0.4, -0.2) is 12.5 Å². The van der Waals surface area contributed by atoms with Crippen LogP contribution in [0.25, 0.3) is 0 Å². The molecule has 0 aliphatic carbocycles. The maximum atomic E-state index is 10.8. The van der Waals surface area contributed by atoms with Crippen LogP contribution in [0.1, 0.15) is 13.8 Å². The highest BCUT2D eigenvalue weighted by Crippen LogP contribution is 2.17. The number of hydrogen-bond donors (Lipinski definition) is 1. The third-order valence-corrected chi connectivity index (χ3v) is 1.96. The quantitative estimate of drug-likeness (QED) is 0.448. The summed E-state index contributed by atoms with van der Waals surface area (Å²) >= 11 is 0. The second-order valence-corrected chi connectivity index (χ2v) is 2.74. The normalized spacial score (nSPS) is 27.8. The average molecular weight is 139 g/mol. The van der Waals surface area contributed by atoms with Gasteiger partial charge in [-0.25, -0.2) is 0 Å². The van der Waals surface area contributed by atoms with E-state index in [2.05, 4.69) is 18.3 Å². The van der Waals surface area contributed by atoms with Gasteiger partial charge in [-0.1, -0.05) is 19.1 Å². The highest BCUT2D eigenvalue weighted by Gasteiger charge is 2.30. The topological polar surface area (TPSA) is 29.1 Å². The number of carbonyl (C=O) groups excluding carboxylic acids is 1. The van der Waals surface area contributed by atoms with E-state index in [9.17, 15) is 4.79 Å². The lowest BCUT2D eigenvalue weighted by molar-refractivity contribution is -0.132. The summed E-state index contributed by atoms with van der Waals surface area (Å²) in [5.74, 6) is 0.834. The van der Waals surface area contributed by atoms with Gasteiger partial charge in [-0.15, -0.1) is 0 Å². The molecule has 1 aliphatic heterocycles. The first-order chi connectivity index (χ1) is 4.75. The number of nitrogens with one attached hydrogen (secondary N) is 1. The number of amides is 1. The maximum Gasteiger partial charge on any atom is 0.225 e. The predicted molar refractivity (Wildman–Crippen MR) is 40.5 cm³/mol. The van der Waals surface area contributed by atoms with Crippen molar-refractivity contribution in [1.29, 1.82) is 0 Å². The molecular formula is C8H13NO. The standard InChI is InChI=1S/C8H13NO/c1-3-4-6(2)7-5-9-8(7)10/h3-4,6-7H,5H2,1-2H3,(H,9,10)/b4-3-/t6-,7+/m0/s1. The summed E-state index contributed by atoms with van der Waals surface area (Å²) in [6.45, 7) is 4.90. The van der Waals surface area contributed by atoms with Crippen molar-refractivity contribution in [3.05, 3.63) is 12.2 Å². The van der Waals surface area contributed by atoms with Gasteiger partial charge in [0.25, 0.3) is 0 Å². The summed E-state index contributed by atoms with van der Waals surface area (Å²) in [5, 5.41) is 2.72. The lowest BCUT2D eigenvalue weighted by Crippen LogP contribution is -2.51. The Kier molecular flexibility index (Phi) is 2.10. The molecule has 1 N–H and O–H groups in total. The van der Waals surface area contributed by atoms with Crippen molar-refractivity contribution < 1.29 is 4.79 Å². The van der Waals surface area contributed by atoms with Crippen molar-refractivity contribution in [3.8, 4) is 0 Å². The van der Waals surface area contributed by atoms with Gasteiger partial charge in [-0.05, 0) is 12.8 Å². The van der Waals surface area contributed by atoms with Crippen LogP contribution in [0.2, 0.25) is 0 Å². The lowest BCUT2D eigenvalue weighted by Gasteiger charge is -2.29. The van der Waals surface area contributed by atoms with E-state index in [0.717, 1.165) is 6.54 Å². The maximum absolute atomic E-state index is 10.8. The van der Waals surface area contributed by atoms with Crippen LogP contribution >= 0.6 is 0 Å². The molecule has 0 aromatic rings. The van der Waals surface area contributed by atoms with Gasteiger partial charge < -0.3 is 5.32 Å². The Hall–Kier alpha value is -0.790. The van der Waals surface area contributed by atoms with Crippen LogP contribution in [0.3, 0.4) is 0 Å². The van der Waals surface area contributed by atoms with E-state index in [1.807, 2.05) is 13.0 Å². The summed E-state index contributed by atoms with van der Waals surface area (Å²) in [6, 6.07) is 0. The molecule has 1 heterocycles. The fourth-order valence-electron chi connectivity index (χ4n) is 1.17. The summed E-state index contributed by atoms with van der Waals surface area (Å²) in [5.41, 5.74) is 0. The first kappa shape index (κ1) is 7.32. The molecule has 1 amide bonds. The Morgan fingerprint density at radius 2 is 2.50 bits per heavy atom. The molecule has 56 valence electrons. The van der Waals surface area contributed by atoms with Crippen molar-refractivity contribution in [3.63, 3.8) is 0 Å². The monoisotopic (exact) mass is 139 g/mol. The Morgan fingerprint density at radius 3 is 2.80 bits per heavy atom. The smallest absolute Gasteiger partial charge is 0.225 e. The van der Waals surface area contributed by atoms with Crippen LogP contribution in [0, 0.1) is 11.8 Å². The van der Waals surface area contributed by atoms with Gasteiger partial charge >= 0.3 is 0 Å². The zero-order valence-corrected chi connectivity index (χ0v) is 6.42. The molecule has 0 unspecified atom stereocenters. The molecule has 2 nitrogen and oxygen atoms in total. The van der Waals surface area contributed by atoms with Crippen molar-refractivity contribution in [2.24, 2.45) is 11.8 Å². The van der Waals surface area contributed by atoms with E-state index in [1.165, 1.54) is 0 Å². The lowest BCUT2D eigenvalue weighted by atomic mass is 9.88. The Bertz CT molecular complexity index is 163. The van der Waals surface area contributed by atoms with Gasteiger partial charge in [0.1, 0.15) is 0 Å². The molecule has 1 rings (SSSR count). The Morgan fingerprint density at radius 1 is 1.80 bits per heavy atom. The van der Waals surface area contributed by atoms with Crippen molar-refractivity contribution >= 4 is 5.91 Å². The summed E-state index contributed by atoms with van der Waals surface area (Å²) in [6.07, 6.45) is 4.07. The molecule has 2 atom stereocenters. The molecule has 0 aromatic heterocycles. The molecule has 1 aliphatic rings. The molecule has 0 radical (unpaired) electrons. The number of allylic oxidation sites excluding steroid dienone is 2. The molecule has 0 bridgehead atoms. The second-order valence-electron chi connectivity index (χ2n) is 2.74. The molecule has 1 saturated heterocycles. The first-order valence-electron chi connectivity index (χ1n) is 3.66.